The number of benzene rings is 2. The van der Waals surface area contributed by atoms with E-state index in [0.717, 1.165) is 108 Å². The van der Waals surface area contributed by atoms with Gasteiger partial charge in [-0.1, -0.05) is 86.2 Å². The van der Waals surface area contributed by atoms with Gasteiger partial charge < -0.3 is 19.5 Å². The number of hydrogen-bond acceptors (Lipinski definition) is 9. The molecule has 0 bridgehead atoms. The van der Waals surface area contributed by atoms with Crippen molar-refractivity contribution in [2.75, 3.05) is 24.7 Å². The number of aromatic nitrogens is 1. The molecule has 2 heterocycles. The van der Waals surface area contributed by atoms with Gasteiger partial charge in [-0.05, 0) is 62.8 Å². The lowest BCUT2D eigenvalue weighted by molar-refractivity contribution is -0.669. The predicted molar refractivity (Wildman–Crippen MR) is 198 cm³/mol. The van der Waals surface area contributed by atoms with Crippen molar-refractivity contribution in [3.05, 3.63) is 81.5 Å². The molecule has 2 aliphatic rings. The number of para-hydroxylation sites is 2. The number of fused-ring (bicyclic) bond motifs is 2. The third-order valence-electron chi connectivity index (χ3n) is 8.83. The SMILES string of the molecule is CCCCOC(=O)CCCCCN1/C(=C/C2=C([O-])C(=C\c3sc4ccccc4[n+]3CCCCCC(=O)OCCCC)/C2=O)Sc2ccccc21. The number of aryl methyl sites for hydroxylation is 1. The zero-order chi connectivity index (χ0) is 35.3. The Morgan fingerprint density at radius 2 is 1.48 bits per heavy atom. The molecule has 0 radical (unpaired) electrons. The van der Waals surface area contributed by atoms with Crippen molar-refractivity contribution in [3.63, 3.8) is 0 Å². The molecule has 0 amide bonds. The minimum Gasteiger partial charge on any atom is -0.871 e. The Balaban J connectivity index is 1.24. The molecular formula is C40H48N2O6S2. The highest BCUT2D eigenvalue weighted by Crippen LogP contribution is 2.47. The van der Waals surface area contributed by atoms with Crippen LogP contribution >= 0.6 is 23.1 Å². The lowest BCUT2D eigenvalue weighted by Crippen LogP contribution is -2.36. The van der Waals surface area contributed by atoms with E-state index in [1.165, 1.54) is 0 Å². The summed E-state index contributed by atoms with van der Waals surface area (Å²) in [5, 5.41) is 15.2. The van der Waals surface area contributed by atoms with Crippen LogP contribution in [0.1, 0.15) is 95.9 Å². The number of Topliss-reactive ketones (excluding diaryl/α,β-unsaturated/α-hetero) is 1. The maximum Gasteiger partial charge on any atom is 0.305 e. The molecule has 1 aromatic heterocycles. The summed E-state index contributed by atoms with van der Waals surface area (Å²) in [5.74, 6) is -0.736. The van der Waals surface area contributed by atoms with Crippen LogP contribution in [0.3, 0.4) is 0 Å². The van der Waals surface area contributed by atoms with Crippen LogP contribution in [0, 0.1) is 0 Å². The molecule has 10 heteroatoms. The van der Waals surface area contributed by atoms with Gasteiger partial charge in [0.05, 0.1) is 23.9 Å². The number of thiazole rings is 1. The molecule has 8 nitrogen and oxygen atoms in total. The topological polar surface area (TPSA) is 99.8 Å². The maximum atomic E-state index is 13.5. The average molecular weight is 717 g/mol. The number of rotatable bonds is 20. The van der Waals surface area contributed by atoms with E-state index in [1.807, 2.05) is 24.3 Å². The molecule has 3 aromatic rings. The van der Waals surface area contributed by atoms with Crippen molar-refractivity contribution in [3.8, 4) is 0 Å². The Kier molecular flexibility index (Phi) is 14.1. The number of esters is 2. The standard InChI is InChI=1S/C40H48N2O6S2/c1-3-5-25-47-37(43)21-9-7-15-23-41-31-17-11-13-19-33(31)49-35(41)27-29-39(45)30(40(29)46)28-36-42(32-18-12-14-20-34(32)50-36)24-16-8-10-22-38(44)48-26-6-4-2/h11-14,17-20,27-28H,3-10,15-16,21-26H2,1-2H3. The summed E-state index contributed by atoms with van der Waals surface area (Å²) < 4.78 is 13.8. The monoisotopic (exact) mass is 716 g/mol. The Morgan fingerprint density at radius 1 is 0.820 bits per heavy atom. The number of hydrogen-bond donors (Lipinski definition) is 0. The molecule has 0 atom stereocenters. The summed E-state index contributed by atoms with van der Waals surface area (Å²) in [5.41, 5.74) is 2.56. The first kappa shape index (κ1) is 37.4. The van der Waals surface area contributed by atoms with Crippen LogP contribution in [-0.4, -0.2) is 37.5 Å². The molecule has 0 saturated heterocycles. The molecule has 1 aliphatic carbocycles. The largest absolute Gasteiger partial charge is 0.871 e. The average Bonchev–Trinajstić information content (AvgIpc) is 3.66. The Hall–Kier alpha value is -3.89. The summed E-state index contributed by atoms with van der Waals surface area (Å²) in [4.78, 5) is 40.7. The minimum absolute atomic E-state index is 0.138. The number of ether oxygens (including phenoxy) is 2. The minimum atomic E-state index is -0.230. The van der Waals surface area contributed by atoms with E-state index in [0.29, 0.717) is 26.1 Å². The van der Waals surface area contributed by atoms with E-state index in [1.54, 1.807) is 35.3 Å². The van der Waals surface area contributed by atoms with E-state index >= 15 is 0 Å². The quantitative estimate of drug-likeness (QED) is 0.0502. The van der Waals surface area contributed by atoms with Crippen LogP contribution < -0.4 is 14.6 Å². The summed E-state index contributed by atoms with van der Waals surface area (Å²) in [7, 11) is 0. The second kappa shape index (κ2) is 18.9. The molecule has 0 saturated carbocycles. The van der Waals surface area contributed by atoms with Gasteiger partial charge in [0.15, 0.2) is 12.3 Å². The summed E-state index contributed by atoms with van der Waals surface area (Å²) in [6.07, 6.45) is 13.1. The smallest absolute Gasteiger partial charge is 0.305 e. The molecule has 0 unspecified atom stereocenters. The number of anilines is 1. The fourth-order valence-electron chi connectivity index (χ4n) is 5.96. The molecule has 50 heavy (non-hydrogen) atoms. The van der Waals surface area contributed by atoms with Gasteiger partial charge in [0, 0.05) is 54.0 Å². The van der Waals surface area contributed by atoms with Gasteiger partial charge in [0.2, 0.25) is 5.52 Å². The van der Waals surface area contributed by atoms with Gasteiger partial charge in [0.25, 0.3) is 5.01 Å². The molecule has 0 fully saturated rings. The third kappa shape index (κ3) is 9.66. The Bertz CT molecular complexity index is 1760. The number of carbonyl (C=O) groups is 3. The van der Waals surface area contributed by atoms with Gasteiger partial charge in [-0.25, -0.2) is 0 Å². The van der Waals surface area contributed by atoms with Crippen LogP contribution in [0.2, 0.25) is 0 Å². The molecule has 1 aliphatic heterocycles. The van der Waals surface area contributed by atoms with Crippen LogP contribution in [0.25, 0.3) is 16.3 Å². The van der Waals surface area contributed by atoms with Crippen LogP contribution in [-0.2, 0) is 30.4 Å². The number of unbranched alkanes of at least 4 members (excludes halogenated alkanes) is 6. The first-order chi connectivity index (χ1) is 24.4. The second-order valence-corrected chi connectivity index (χ2v) is 14.8. The number of carbonyl (C=O) groups excluding carboxylic acids is 3. The van der Waals surface area contributed by atoms with Gasteiger partial charge in [-0.2, -0.15) is 4.57 Å². The fraction of sp³-hybridized carbons (Fsp3) is 0.450. The Labute approximate surface area is 303 Å². The molecule has 5 rings (SSSR count). The number of ketones is 1. The summed E-state index contributed by atoms with van der Waals surface area (Å²) in [6, 6.07) is 16.2. The van der Waals surface area contributed by atoms with Crippen molar-refractivity contribution < 1.29 is 33.5 Å². The van der Waals surface area contributed by atoms with E-state index < -0.39 is 0 Å². The van der Waals surface area contributed by atoms with Crippen LogP contribution in [0.5, 0.6) is 0 Å². The summed E-state index contributed by atoms with van der Waals surface area (Å²) in [6.45, 7) is 6.56. The molecule has 0 spiro atoms. The van der Waals surface area contributed by atoms with Crippen molar-refractivity contribution in [2.24, 2.45) is 0 Å². The van der Waals surface area contributed by atoms with Crippen LogP contribution in [0.4, 0.5) is 5.69 Å². The first-order valence-corrected chi connectivity index (χ1v) is 19.7. The van der Waals surface area contributed by atoms with Gasteiger partial charge in [-0.3, -0.25) is 14.4 Å². The van der Waals surface area contributed by atoms with Gasteiger partial charge in [0.1, 0.15) is 4.70 Å². The van der Waals surface area contributed by atoms with Crippen molar-refractivity contribution in [1.29, 1.82) is 0 Å². The van der Waals surface area contributed by atoms with Crippen molar-refractivity contribution in [1.82, 2.24) is 0 Å². The van der Waals surface area contributed by atoms with E-state index in [4.69, 9.17) is 9.47 Å². The van der Waals surface area contributed by atoms with Crippen molar-refractivity contribution in [2.45, 2.75) is 102 Å². The lowest BCUT2D eigenvalue weighted by Gasteiger charge is -2.29. The lowest BCUT2D eigenvalue weighted by atomic mass is 9.88. The molecule has 266 valence electrons. The van der Waals surface area contributed by atoms with Crippen LogP contribution in [0.15, 0.2) is 81.4 Å². The zero-order valence-corrected chi connectivity index (χ0v) is 30.9. The van der Waals surface area contributed by atoms with Gasteiger partial charge >= 0.3 is 11.9 Å². The Morgan fingerprint density at radius 3 is 2.18 bits per heavy atom. The summed E-state index contributed by atoms with van der Waals surface area (Å²) >= 11 is 3.15. The van der Waals surface area contributed by atoms with Crippen molar-refractivity contribution >= 4 is 62.8 Å². The fourth-order valence-corrected chi connectivity index (χ4v) is 8.22. The number of thioether (sulfide) groups is 1. The highest BCUT2D eigenvalue weighted by Gasteiger charge is 2.31. The van der Waals surface area contributed by atoms with Gasteiger partial charge in [-0.15, -0.1) is 0 Å². The second-order valence-electron chi connectivity index (χ2n) is 12.7. The molecule has 2 aromatic carbocycles. The highest BCUT2D eigenvalue weighted by molar-refractivity contribution is 8.03. The molecule has 0 N–H and O–H groups in total. The predicted octanol–water partition coefficient (Wildman–Crippen LogP) is 8.03. The van der Waals surface area contributed by atoms with E-state index in [-0.39, 0.29) is 34.6 Å². The maximum absolute atomic E-state index is 13.5. The number of allylic oxidation sites excluding steroid dienone is 3. The number of nitrogens with zero attached hydrogens (tertiary/aromatic N) is 2. The normalized spacial score (nSPS) is 15.6. The van der Waals surface area contributed by atoms with E-state index in [9.17, 15) is 19.5 Å². The third-order valence-corrected chi connectivity index (χ3v) is 11.1. The van der Waals surface area contributed by atoms with E-state index in [2.05, 4.69) is 47.6 Å². The molecular weight excluding hydrogens is 669 g/mol. The first-order valence-electron chi connectivity index (χ1n) is 18.1. The highest BCUT2D eigenvalue weighted by atomic mass is 32.2. The zero-order valence-electron chi connectivity index (χ0n) is 29.2.